The van der Waals surface area contributed by atoms with E-state index in [0.29, 0.717) is 0 Å². The number of nitrogens with one attached hydrogen (secondary N) is 1. The number of amides is 1. The van der Waals surface area contributed by atoms with Gasteiger partial charge in [0.05, 0.1) is 5.92 Å². The topological polar surface area (TPSA) is 77.2 Å². The number of nitrogens with zero attached hydrogens (tertiary/aromatic N) is 1. The van der Waals surface area contributed by atoms with Crippen LogP contribution in [-0.4, -0.2) is 32.0 Å². The van der Waals surface area contributed by atoms with Crippen LogP contribution < -0.4 is 16.5 Å². The summed E-state index contributed by atoms with van der Waals surface area (Å²) in [5.74, 6) is -0.538. The average Bonchev–Trinajstić information content (AvgIpc) is 2.64. The van der Waals surface area contributed by atoms with Crippen molar-refractivity contribution in [3.8, 4) is 0 Å². The highest BCUT2D eigenvalue weighted by atomic mass is 16.4. The third kappa shape index (κ3) is 4.04. The first-order valence-electron chi connectivity index (χ1n) is 8.02. The Morgan fingerprint density at radius 3 is 2.72 bits per heavy atom. The number of hydrogen-bond donors (Lipinski definition) is 2. The van der Waals surface area contributed by atoms with E-state index >= 15 is 0 Å². The van der Waals surface area contributed by atoms with Crippen LogP contribution in [0.1, 0.15) is 11.5 Å². The van der Waals surface area contributed by atoms with Crippen LogP contribution in [0.3, 0.4) is 0 Å². The molecule has 1 heterocycles. The fraction of sp³-hybridized carbons (Fsp3) is 0.158. The third-order valence-corrected chi connectivity index (χ3v) is 4.05. The lowest BCUT2D eigenvalue weighted by Gasteiger charge is -2.16. The van der Waals surface area contributed by atoms with E-state index in [1.807, 2.05) is 48.5 Å². The Balaban J connectivity index is 1.76. The van der Waals surface area contributed by atoms with Crippen molar-refractivity contribution in [1.29, 1.82) is 0 Å². The molecule has 3 rings (SSSR count). The Morgan fingerprint density at radius 2 is 2.00 bits per heavy atom. The van der Waals surface area contributed by atoms with Crippen LogP contribution in [-0.2, 0) is 9.45 Å². The quantitative estimate of drug-likeness (QED) is 0.675. The van der Waals surface area contributed by atoms with Gasteiger partial charge in [0.2, 0.25) is 5.91 Å². The molecular weight excluding hydrogens is 313 g/mol. The Bertz CT molecular complexity index is 868. The first-order chi connectivity index (χ1) is 12.2. The summed E-state index contributed by atoms with van der Waals surface area (Å²) in [6.45, 7) is 0.233. The number of carbonyl (C=O) groups is 1. The highest BCUT2D eigenvalue weighted by Gasteiger charge is 2.19. The zero-order chi connectivity index (χ0) is 17.6. The summed E-state index contributed by atoms with van der Waals surface area (Å²) >= 11 is 0. The number of nitrogens with two attached hydrogens (primary N) is 1. The van der Waals surface area contributed by atoms with Crippen LogP contribution in [0.2, 0.25) is 0 Å². The minimum Gasteiger partial charge on any atom is -0.437 e. The normalized spacial score (nSPS) is 11.9. The van der Waals surface area contributed by atoms with Crippen molar-refractivity contribution in [2.24, 2.45) is 5.73 Å². The molecule has 3 N–H and O–H groups in total. The highest BCUT2D eigenvalue weighted by molar-refractivity contribution is 6.46. The standard InChI is InChI=1S/C19H19BN3O2/c1-25-20-16-5-2-13(3-6-16)18(11-21)19(24)23-17-7-4-15-12-22-9-8-14(15)10-17/h2-10,12,18H,11,21H2,1H3,(H,23,24). The van der Waals surface area contributed by atoms with E-state index in [0.717, 1.165) is 27.5 Å². The smallest absolute Gasteiger partial charge is 0.329 e. The summed E-state index contributed by atoms with van der Waals surface area (Å²) in [7, 11) is 3.24. The Hall–Kier alpha value is -2.70. The van der Waals surface area contributed by atoms with Gasteiger partial charge in [-0.3, -0.25) is 9.78 Å². The first kappa shape index (κ1) is 17.1. The van der Waals surface area contributed by atoms with Gasteiger partial charge in [0.25, 0.3) is 0 Å². The lowest BCUT2D eigenvalue weighted by atomic mass is 9.86. The van der Waals surface area contributed by atoms with Crippen molar-refractivity contribution in [2.75, 3.05) is 19.0 Å². The maximum absolute atomic E-state index is 12.7. The Morgan fingerprint density at radius 1 is 1.20 bits per heavy atom. The molecule has 0 bridgehead atoms. The fourth-order valence-electron chi connectivity index (χ4n) is 2.73. The fourth-order valence-corrected chi connectivity index (χ4v) is 2.73. The van der Waals surface area contributed by atoms with E-state index in [4.69, 9.17) is 10.4 Å². The van der Waals surface area contributed by atoms with Crippen molar-refractivity contribution >= 4 is 35.3 Å². The van der Waals surface area contributed by atoms with Crippen LogP contribution in [0.5, 0.6) is 0 Å². The molecule has 0 fully saturated rings. The van der Waals surface area contributed by atoms with Crippen molar-refractivity contribution in [1.82, 2.24) is 4.98 Å². The molecule has 0 saturated carbocycles. The molecule has 0 spiro atoms. The number of carbonyl (C=O) groups excluding carboxylic acids is 1. The summed E-state index contributed by atoms with van der Waals surface area (Å²) in [5, 5.41) is 5.00. The predicted molar refractivity (Wildman–Crippen MR) is 101 cm³/mol. The van der Waals surface area contributed by atoms with E-state index in [2.05, 4.69) is 10.3 Å². The Labute approximate surface area is 147 Å². The van der Waals surface area contributed by atoms with Gasteiger partial charge in [-0.05, 0) is 29.1 Å². The van der Waals surface area contributed by atoms with Gasteiger partial charge in [-0.2, -0.15) is 0 Å². The first-order valence-corrected chi connectivity index (χ1v) is 8.02. The number of benzene rings is 2. The monoisotopic (exact) mass is 332 g/mol. The van der Waals surface area contributed by atoms with E-state index in [1.165, 1.54) is 0 Å². The number of rotatable bonds is 6. The molecule has 125 valence electrons. The molecule has 0 aliphatic heterocycles. The van der Waals surface area contributed by atoms with Gasteiger partial charge in [-0.1, -0.05) is 35.8 Å². The van der Waals surface area contributed by atoms with Crippen molar-refractivity contribution in [2.45, 2.75) is 5.92 Å². The zero-order valence-corrected chi connectivity index (χ0v) is 14.0. The second-order valence-electron chi connectivity index (χ2n) is 5.74. The minimum absolute atomic E-state index is 0.126. The van der Waals surface area contributed by atoms with Gasteiger partial charge in [0.1, 0.15) is 0 Å². The number of pyridine rings is 1. The number of anilines is 1. The van der Waals surface area contributed by atoms with Crippen LogP contribution >= 0.6 is 0 Å². The van der Waals surface area contributed by atoms with E-state index in [-0.39, 0.29) is 12.5 Å². The number of fused-ring (bicyclic) bond motifs is 1. The van der Waals surface area contributed by atoms with Gasteiger partial charge >= 0.3 is 7.48 Å². The molecule has 0 aliphatic rings. The van der Waals surface area contributed by atoms with E-state index < -0.39 is 5.92 Å². The zero-order valence-electron chi connectivity index (χ0n) is 14.0. The molecule has 1 atom stereocenters. The van der Waals surface area contributed by atoms with Crippen LogP contribution in [0, 0.1) is 0 Å². The maximum Gasteiger partial charge on any atom is 0.329 e. The predicted octanol–water partition coefficient (Wildman–Crippen LogP) is 1.81. The summed E-state index contributed by atoms with van der Waals surface area (Å²) in [6.07, 6.45) is 3.53. The molecule has 5 nitrogen and oxygen atoms in total. The SMILES string of the molecule is CO[B]c1ccc(C(CN)C(=O)Nc2ccc3cnccc3c2)cc1. The number of hydrogen-bond acceptors (Lipinski definition) is 4. The Kier molecular flexibility index (Phi) is 5.43. The van der Waals surface area contributed by atoms with Crippen molar-refractivity contribution in [3.63, 3.8) is 0 Å². The van der Waals surface area contributed by atoms with Crippen LogP contribution in [0.15, 0.2) is 60.9 Å². The summed E-state index contributed by atoms with van der Waals surface area (Å²) < 4.78 is 4.98. The lowest BCUT2D eigenvalue weighted by Crippen LogP contribution is -2.28. The van der Waals surface area contributed by atoms with Gasteiger partial charge < -0.3 is 15.7 Å². The van der Waals surface area contributed by atoms with E-state index in [9.17, 15) is 4.79 Å². The molecule has 0 saturated heterocycles. The van der Waals surface area contributed by atoms with Gasteiger partial charge in [-0.15, -0.1) is 0 Å². The maximum atomic E-state index is 12.7. The second kappa shape index (κ2) is 7.92. The summed E-state index contributed by atoms with van der Waals surface area (Å²) in [5.41, 5.74) is 8.40. The van der Waals surface area contributed by atoms with Crippen molar-refractivity contribution in [3.05, 3.63) is 66.5 Å². The molecule has 0 aliphatic carbocycles. The molecular formula is C19H19BN3O2. The molecule has 3 aromatic rings. The molecule has 1 aromatic heterocycles. The van der Waals surface area contributed by atoms with Crippen LogP contribution in [0.25, 0.3) is 10.8 Å². The molecule has 25 heavy (non-hydrogen) atoms. The average molecular weight is 332 g/mol. The second-order valence-corrected chi connectivity index (χ2v) is 5.74. The largest absolute Gasteiger partial charge is 0.437 e. The lowest BCUT2D eigenvalue weighted by molar-refractivity contribution is -0.117. The van der Waals surface area contributed by atoms with Gasteiger partial charge in [-0.25, -0.2) is 0 Å². The van der Waals surface area contributed by atoms with E-state index in [1.54, 1.807) is 27.0 Å². The van der Waals surface area contributed by atoms with Gasteiger partial charge in [0.15, 0.2) is 0 Å². The molecule has 1 unspecified atom stereocenters. The third-order valence-electron chi connectivity index (χ3n) is 4.05. The highest BCUT2D eigenvalue weighted by Crippen LogP contribution is 2.21. The summed E-state index contributed by atoms with van der Waals surface area (Å²) in [4.78, 5) is 16.7. The summed E-state index contributed by atoms with van der Waals surface area (Å²) in [6, 6.07) is 15.2. The van der Waals surface area contributed by atoms with Crippen molar-refractivity contribution < 1.29 is 9.45 Å². The molecule has 2 aromatic carbocycles. The number of aromatic nitrogens is 1. The van der Waals surface area contributed by atoms with Crippen LogP contribution in [0.4, 0.5) is 5.69 Å². The minimum atomic E-state index is -0.412. The van der Waals surface area contributed by atoms with Gasteiger partial charge in [0, 0.05) is 37.1 Å². The molecule has 6 heteroatoms. The molecule has 1 amide bonds. The molecule has 1 radical (unpaired) electrons.